The number of rotatable bonds is 1. The summed E-state index contributed by atoms with van der Waals surface area (Å²) in [5.74, 6) is 1.69. The third-order valence-electron chi connectivity index (χ3n) is 6.06. The van der Waals surface area contributed by atoms with Crippen molar-refractivity contribution in [2.75, 3.05) is 18.8 Å². The summed E-state index contributed by atoms with van der Waals surface area (Å²) in [6.07, 6.45) is 3.86. The molecule has 4 heterocycles. The molecule has 3 saturated heterocycles. The molecule has 5 rings (SSSR count). The molecule has 0 unspecified atom stereocenters. The minimum absolute atomic E-state index is 0.00379. The average Bonchev–Trinajstić information content (AvgIpc) is 3.29. The highest BCUT2D eigenvalue weighted by atomic mass is 32.2. The quantitative estimate of drug-likeness (QED) is 0.847. The van der Waals surface area contributed by atoms with Gasteiger partial charge in [0.2, 0.25) is 0 Å². The first kappa shape index (κ1) is 15.0. The van der Waals surface area contributed by atoms with E-state index in [0.717, 1.165) is 43.7 Å². The number of carbonyl (C=O) groups is 1. The Labute approximate surface area is 145 Å². The number of amides is 2. The van der Waals surface area contributed by atoms with Crippen LogP contribution in [-0.4, -0.2) is 42.0 Å². The van der Waals surface area contributed by atoms with Gasteiger partial charge in [-0.2, -0.15) is 0 Å². The van der Waals surface area contributed by atoms with Gasteiger partial charge in [-0.25, -0.2) is 9.18 Å². The van der Waals surface area contributed by atoms with E-state index in [4.69, 9.17) is 4.74 Å². The molecule has 0 aromatic heterocycles. The summed E-state index contributed by atoms with van der Waals surface area (Å²) in [5, 5.41) is 3.15. The van der Waals surface area contributed by atoms with Crippen LogP contribution in [0, 0.1) is 17.7 Å². The Balaban J connectivity index is 1.30. The lowest BCUT2D eigenvalue weighted by Gasteiger charge is -2.28. The molecule has 6 heteroatoms. The molecule has 1 aromatic carbocycles. The molecule has 0 aliphatic carbocycles. The first-order valence-corrected chi connectivity index (χ1v) is 9.81. The maximum Gasteiger partial charge on any atom is 0.317 e. The zero-order valence-electron chi connectivity index (χ0n) is 13.4. The molecule has 4 nitrogen and oxygen atoms in total. The molecule has 0 spiro atoms. The second-order valence-electron chi connectivity index (χ2n) is 7.32. The fourth-order valence-corrected chi connectivity index (χ4v) is 6.04. The molecule has 5 atom stereocenters. The van der Waals surface area contributed by atoms with Crippen molar-refractivity contribution in [2.45, 2.75) is 42.4 Å². The molecule has 0 saturated carbocycles. The van der Waals surface area contributed by atoms with Crippen LogP contribution >= 0.6 is 11.8 Å². The number of urea groups is 1. The topological polar surface area (TPSA) is 41.6 Å². The third kappa shape index (κ3) is 2.26. The molecule has 4 aliphatic heterocycles. The number of carbonyl (C=O) groups excluding carboxylic acids is 1. The number of likely N-dealkylation sites (tertiary alicyclic amines) is 1. The van der Waals surface area contributed by atoms with Crippen LogP contribution in [0.4, 0.5) is 9.18 Å². The van der Waals surface area contributed by atoms with Gasteiger partial charge in [0, 0.05) is 35.6 Å². The van der Waals surface area contributed by atoms with E-state index >= 15 is 0 Å². The number of thioether (sulfide) groups is 1. The van der Waals surface area contributed by atoms with E-state index in [1.807, 2.05) is 11.0 Å². The van der Waals surface area contributed by atoms with E-state index < -0.39 is 0 Å². The molecule has 1 N–H and O–H groups in total. The largest absolute Gasteiger partial charge is 0.374 e. The SMILES string of the molecule is O=C(N[C@@H]1CCSc2c(F)cccc21)N1C[C@@H]2[C@@H](C1)[C@H]1CC[C@H]2O1. The summed E-state index contributed by atoms with van der Waals surface area (Å²) in [6, 6.07) is 5.07. The molecule has 128 valence electrons. The van der Waals surface area contributed by atoms with Gasteiger partial charge in [-0.15, -0.1) is 11.8 Å². The van der Waals surface area contributed by atoms with Gasteiger partial charge >= 0.3 is 6.03 Å². The summed E-state index contributed by atoms with van der Waals surface area (Å²) in [6.45, 7) is 1.60. The molecule has 4 aliphatic rings. The van der Waals surface area contributed by atoms with Crippen LogP contribution in [0.1, 0.15) is 30.9 Å². The zero-order chi connectivity index (χ0) is 16.3. The summed E-state index contributed by atoms with van der Waals surface area (Å²) < 4.78 is 19.9. The first-order chi connectivity index (χ1) is 11.7. The van der Waals surface area contributed by atoms with Gasteiger partial charge in [0.05, 0.1) is 18.2 Å². The third-order valence-corrected chi connectivity index (χ3v) is 7.22. The summed E-state index contributed by atoms with van der Waals surface area (Å²) >= 11 is 1.54. The van der Waals surface area contributed by atoms with Crippen LogP contribution in [-0.2, 0) is 4.74 Å². The fraction of sp³-hybridized carbons (Fsp3) is 0.611. The molecule has 0 radical (unpaired) electrons. The van der Waals surface area contributed by atoms with Gasteiger partial charge in [0.1, 0.15) is 5.82 Å². The highest BCUT2D eigenvalue weighted by Gasteiger charge is 2.53. The number of hydrogen-bond acceptors (Lipinski definition) is 3. The van der Waals surface area contributed by atoms with Crippen LogP contribution < -0.4 is 5.32 Å². The van der Waals surface area contributed by atoms with Gasteiger partial charge in [-0.05, 0) is 30.9 Å². The highest BCUT2D eigenvalue weighted by molar-refractivity contribution is 7.99. The maximum absolute atomic E-state index is 14.0. The summed E-state index contributed by atoms with van der Waals surface area (Å²) in [5.41, 5.74) is 0.919. The number of fused-ring (bicyclic) bond motifs is 6. The smallest absolute Gasteiger partial charge is 0.317 e. The number of nitrogens with zero attached hydrogens (tertiary/aromatic N) is 1. The number of nitrogens with one attached hydrogen (secondary N) is 1. The predicted molar refractivity (Wildman–Crippen MR) is 89.5 cm³/mol. The lowest BCUT2D eigenvalue weighted by molar-refractivity contribution is 0.0737. The molecule has 1 aromatic rings. The molecular weight excluding hydrogens is 327 g/mol. The maximum atomic E-state index is 14.0. The van der Waals surface area contributed by atoms with Crippen molar-refractivity contribution in [1.29, 1.82) is 0 Å². The van der Waals surface area contributed by atoms with Crippen molar-refractivity contribution < 1.29 is 13.9 Å². The number of benzene rings is 1. The van der Waals surface area contributed by atoms with Gasteiger partial charge in [0.15, 0.2) is 0 Å². The first-order valence-electron chi connectivity index (χ1n) is 8.83. The van der Waals surface area contributed by atoms with Gasteiger partial charge in [-0.3, -0.25) is 0 Å². The summed E-state index contributed by atoms with van der Waals surface area (Å²) in [7, 11) is 0. The van der Waals surface area contributed by atoms with Crippen molar-refractivity contribution in [3.8, 4) is 0 Å². The van der Waals surface area contributed by atoms with Crippen LogP contribution in [0.25, 0.3) is 0 Å². The Bertz CT molecular complexity index is 667. The second-order valence-corrected chi connectivity index (χ2v) is 8.43. The molecule has 3 fully saturated rings. The van der Waals surface area contributed by atoms with E-state index in [0.29, 0.717) is 28.9 Å². The van der Waals surface area contributed by atoms with E-state index in [1.165, 1.54) is 6.07 Å². The Morgan fingerprint density at radius 1 is 1.21 bits per heavy atom. The molecule has 24 heavy (non-hydrogen) atoms. The number of halogens is 1. The Kier molecular flexibility index (Phi) is 3.52. The van der Waals surface area contributed by atoms with E-state index in [1.54, 1.807) is 17.8 Å². The second kappa shape index (κ2) is 5.63. The lowest BCUT2D eigenvalue weighted by atomic mass is 9.82. The molecule has 2 amide bonds. The van der Waals surface area contributed by atoms with Crippen LogP contribution in [0.15, 0.2) is 23.1 Å². The van der Waals surface area contributed by atoms with Crippen LogP contribution in [0.5, 0.6) is 0 Å². The van der Waals surface area contributed by atoms with Crippen molar-refractivity contribution in [2.24, 2.45) is 11.8 Å². The highest BCUT2D eigenvalue weighted by Crippen LogP contribution is 2.47. The van der Waals surface area contributed by atoms with Crippen LogP contribution in [0.2, 0.25) is 0 Å². The van der Waals surface area contributed by atoms with Crippen molar-refractivity contribution in [1.82, 2.24) is 10.2 Å². The minimum atomic E-state index is -0.180. The van der Waals surface area contributed by atoms with Crippen molar-refractivity contribution in [3.05, 3.63) is 29.6 Å². The van der Waals surface area contributed by atoms with Crippen molar-refractivity contribution >= 4 is 17.8 Å². The lowest BCUT2D eigenvalue weighted by Crippen LogP contribution is -2.42. The minimum Gasteiger partial charge on any atom is -0.374 e. The standard InChI is InChI=1S/C18H21FN2O2S/c19-13-3-1-2-10-14(6-7-24-17(10)13)20-18(22)21-8-11-12(9-21)16-5-4-15(11)23-16/h1-3,11-12,14-16H,4-9H2,(H,20,22)/t11-,12-,14-,15-,16-/m1/s1. The van der Waals surface area contributed by atoms with Gasteiger partial charge < -0.3 is 15.0 Å². The number of ether oxygens (including phenoxy) is 1. The van der Waals surface area contributed by atoms with E-state index in [9.17, 15) is 9.18 Å². The average molecular weight is 348 g/mol. The normalized spacial score (nSPS) is 36.5. The van der Waals surface area contributed by atoms with Gasteiger partial charge in [0.25, 0.3) is 0 Å². The Morgan fingerprint density at radius 3 is 2.71 bits per heavy atom. The molecule has 2 bridgehead atoms. The fourth-order valence-electron chi connectivity index (χ4n) is 4.90. The predicted octanol–water partition coefficient (Wildman–Crippen LogP) is 3.18. The van der Waals surface area contributed by atoms with Crippen molar-refractivity contribution in [3.63, 3.8) is 0 Å². The molecular formula is C18H21FN2O2S. The van der Waals surface area contributed by atoms with E-state index in [2.05, 4.69) is 5.32 Å². The number of hydrogen-bond donors (Lipinski definition) is 1. The van der Waals surface area contributed by atoms with Gasteiger partial charge in [-0.1, -0.05) is 12.1 Å². The monoisotopic (exact) mass is 348 g/mol. The van der Waals surface area contributed by atoms with Crippen LogP contribution in [0.3, 0.4) is 0 Å². The Morgan fingerprint density at radius 2 is 1.96 bits per heavy atom. The summed E-state index contributed by atoms with van der Waals surface area (Å²) in [4.78, 5) is 15.4. The Hall–Kier alpha value is -1.27. The zero-order valence-corrected chi connectivity index (χ0v) is 14.2. The van der Waals surface area contributed by atoms with E-state index in [-0.39, 0.29) is 17.9 Å².